The summed E-state index contributed by atoms with van der Waals surface area (Å²) in [6.07, 6.45) is 4.53. The van der Waals surface area contributed by atoms with Crippen LogP contribution in [0.3, 0.4) is 0 Å². The third-order valence-corrected chi connectivity index (χ3v) is 5.45. The van der Waals surface area contributed by atoms with E-state index in [1.54, 1.807) is 36.4 Å². The highest BCUT2D eigenvalue weighted by molar-refractivity contribution is 6.13. The van der Waals surface area contributed by atoms with E-state index in [2.05, 4.69) is 4.99 Å². The van der Waals surface area contributed by atoms with Crippen LogP contribution in [0.15, 0.2) is 77.4 Å². The number of carbonyl (C=O) groups excluding carboxylic acids is 2. The van der Waals surface area contributed by atoms with E-state index in [1.165, 1.54) is 40.6 Å². The topological polar surface area (TPSA) is 102 Å². The molecule has 0 saturated carbocycles. The van der Waals surface area contributed by atoms with Crippen molar-refractivity contribution in [3.63, 3.8) is 0 Å². The second-order valence-electron chi connectivity index (χ2n) is 7.83. The lowest BCUT2D eigenvalue weighted by atomic mass is 10.1. The summed E-state index contributed by atoms with van der Waals surface area (Å²) in [5.74, 6) is 0.629. The lowest BCUT2D eigenvalue weighted by Gasteiger charge is -2.13. The molecule has 0 unspecified atom stereocenters. The first-order chi connectivity index (χ1) is 18.4. The van der Waals surface area contributed by atoms with Crippen LogP contribution in [0, 0.1) is 0 Å². The van der Waals surface area contributed by atoms with E-state index in [4.69, 9.17) is 28.4 Å². The van der Waals surface area contributed by atoms with E-state index in [0.29, 0.717) is 34.1 Å². The van der Waals surface area contributed by atoms with Gasteiger partial charge >= 0.3 is 11.9 Å². The minimum absolute atomic E-state index is 0.0753. The number of rotatable bonds is 9. The number of esters is 2. The molecule has 1 aliphatic rings. The standard InChI is InChI=1S/C29H25NO8/c1-33-23-15-19(10-12-22(23)37-26(31)13-11-18-8-6-5-7-9-18)14-21-29(32)38-28(30-21)20-16-24(34-2)27(36-4)25(17-20)35-3/h5-17H,1-4H3/b13-11+,21-14-. The maximum absolute atomic E-state index is 12.5. The van der Waals surface area contributed by atoms with Crippen LogP contribution in [0.2, 0.25) is 0 Å². The van der Waals surface area contributed by atoms with Crippen molar-refractivity contribution in [2.75, 3.05) is 28.4 Å². The molecular formula is C29H25NO8. The predicted octanol–water partition coefficient (Wildman–Crippen LogP) is 4.68. The van der Waals surface area contributed by atoms with Gasteiger partial charge in [0.05, 0.1) is 28.4 Å². The molecule has 0 aromatic heterocycles. The van der Waals surface area contributed by atoms with Crippen LogP contribution < -0.4 is 23.7 Å². The average molecular weight is 516 g/mol. The first-order valence-corrected chi connectivity index (χ1v) is 11.4. The molecule has 0 fully saturated rings. The minimum Gasteiger partial charge on any atom is -0.493 e. The number of carbonyl (C=O) groups is 2. The lowest BCUT2D eigenvalue weighted by Crippen LogP contribution is -2.07. The summed E-state index contributed by atoms with van der Waals surface area (Å²) >= 11 is 0. The van der Waals surface area contributed by atoms with Crippen LogP contribution >= 0.6 is 0 Å². The molecule has 0 aliphatic carbocycles. The Bertz CT molecular complexity index is 1420. The molecule has 0 saturated heterocycles. The molecule has 9 nitrogen and oxygen atoms in total. The second-order valence-corrected chi connectivity index (χ2v) is 7.83. The zero-order valence-corrected chi connectivity index (χ0v) is 21.2. The van der Waals surface area contributed by atoms with Gasteiger partial charge in [-0.25, -0.2) is 14.6 Å². The maximum Gasteiger partial charge on any atom is 0.363 e. The van der Waals surface area contributed by atoms with Crippen LogP contribution in [0.25, 0.3) is 12.2 Å². The van der Waals surface area contributed by atoms with E-state index >= 15 is 0 Å². The largest absolute Gasteiger partial charge is 0.493 e. The van der Waals surface area contributed by atoms with Gasteiger partial charge in [0.1, 0.15) is 0 Å². The zero-order chi connectivity index (χ0) is 27.1. The maximum atomic E-state index is 12.5. The highest BCUT2D eigenvalue weighted by atomic mass is 16.6. The van der Waals surface area contributed by atoms with Crippen LogP contribution in [-0.2, 0) is 14.3 Å². The summed E-state index contributed by atoms with van der Waals surface area (Å²) in [7, 11) is 5.93. The molecule has 4 rings (SSSR count). The molecule has 3 aromatic rings. The van der Waals surface area contributed by atoms with Crippen molar-refractivity contribution >= 4 is 30.0 Å². The third kappa shape index (κ3) is 5.84. The Balaban J connectivity index is 1.56. The number of hydrogen-bond acceptors (Lipinski definition) is 9. The summed E-state index contributed by atoms with van der Waals surface area (Å²) in [5.41, 5.74) is 2.00. The fourth-order valence-corrected chi connectivity index (χ4v) is 3.62. The van der Waals surface area contributed by atoms with E-state index in [-0.39, 0.29) is 17.3 Å². The zero-order valence-electron chi connectivity index (χ0n) is 21.2. The highest BCUT2D eigenvalue weighted by Gasteiger charge is 2.26. The van der Waals surface area contributed by atoms with Crippen LogP contribution in [-0.4, -0.2) is 46.3 Å². The van der Waals surface area contributed by atoms with Gasteiger partial charge in [0, 0.05) is 11.6 Å². The Labute approximate surface area is 219 Å². The Morgan fingerprint density at radius 2 is 1.47 bits per heavy atom. The molecule has 0 radical (unpaired) electrons. The van der Waals surface area contributed by atoms with Gasteiger partial charge in [-0.15, -0.1) is 0 Å². The Kier molecular flexibility index (Phi) is 8.07. The number of aliphatic imine (C=N–C) groups is 1. The summed E-state index contributed by atoms with van der Waals surface area (Å²) in [6.45, 7) is 0. The van der Waals surface area contributed by atoms with Gasteiger partial charge in [-0.1, -0.05) is 36.4 Å². The Hall–Kier alpha value is -5.05. The van der Waals surface area contributed by atoms with Crippen LogP contribution in [0.4, 0.5) is 0 Å². The molecule has 0 N–H and O–H groups in total. The smallest absolute Gasteiger partial charge is 0.363 e. The lowest BCUT2D eigenvalue weighted by molar-refractivity contribution is -0.130. The molecule has 0 amide bonds. The van der Waals surface area contributed by atoms with Crippen molar-refractivity contribution < 1.29 is 38.0 Å². The molecule has 1 heterocycles. The number of ether oxygens (including phenoxy) is 6. The molecule has 9 heteroatoms. The van der Waals surface area contributed by atoms with E-state index in [1.807, 2.05) is 30.3 Å². The molecule has 0 atom stereocenters. The number of benzene rings is 3. The summed E-state index contributed by atoms with van der Waals surface area (Å²) < 4.78 is 32.2. The SMILES string of the molecule is COc1cc(/C=C2\N=C(c3cc(OC)c(OC)c(OC)c3)OC2=O)ccc1OC(=O)/C=C/c1ccccc1. The number of methoxy groups -OCH3 is 4. The van der Waals surface area contributed by atoms with E-state index in [0.717, 1.165) is 5.56 Å². The molecular weight excluding hydrogens is 490 g/mol. The number of nitrogens with zero attached hydrogens (tertiary/aromatic N) is 1. The van der Waals surface area contributed by atoms with Crippen molar-refractivity contribution in [3.8, 4) is 28.7 Å². The van der Waals surface area contributed by atoms with Crippen molar-refractivity contribution in [3.05, 3.63) is 89.1 Å². The molecule has 0 spiro atoms. The van der Waals surface area contributed by atoms with Gasteiger partial charge in [-0.05, 0) is 47.5 Å². The third-order valence-electron chi connectivity index (χ3n) is 5.45. The molecule has 1 aliphatic heterocycles. The van der Waals surface area contributed by atoms with Crippen molar-refractivity contribution in [1.29, 1.82) is 0 Å². The highest BCUT2D eigenvalue weighted by Crippen LogP contribution is 2.39. The summed E-state index contributed by atoms with van der Waals surface area (Å²) in [5, 5.41) is 0. The molecule has 194 valence electrons. The summed E-state index contributed by atoms with van der Waals surface area (Å²) in [4.78, 5) is 29.2. The Morgan fingerprint density at radius 3 is 2.11 bits per heavy atom. The van der Waals surface area contributed by atoms with Gasteiger partial charge in [-0.2, -0.15) is 0 Å². The van der Waals surface area contributed by atoms with Crippen molar-refractivity contribution in [1.82, 2.24) is 0 Å². The van der Waals surface area contributed by atoms with Gasteiger partial charge in [0.25, 0.3) is 0 Å². The van der Waals surface area contributed by atoms with E-state index in [9.17, 15) is 9.59 Å². The van der Waals surface area contributed by atoms with Gasteiger partial charge in [0.2, 0.25) is 11.6 Å². The van der Waals surface area contributed by atoms with Crippen LogP contribution in [0.5, 0.6) is 28.7 Å². The summed E-state index contributed by atoms with van der Waals surface area (Å²) in [6, 6.07) is 17.5. The average Bonchev–Trinajstić information content (AvgIpc) is 3.31. The van der Waals surface area contributed by atoms with Crippen molar-refractivity contribution in [2.45, 2.75) is 0 Å². The minimum atomic E-state index is -0.630. The fraction of sp³-hybridized carbons (Fsp3) is 0.138. The molecule has 0 bridgehead atoms. The monoisotopic (exact) mass is 515 g/mol. The molecule has 3 aromatic carbocycles. The fourth-order valence-electron chi connectivity index (χ4n) is 3.62. The predicted molar refractivity (Wildman–Crippen MR) is 141 cm³/mol. The first-order valence-electron chi connectivity index (χ1n) is 11.4. The van der Waals surface area contributed by atoms with Crippen LogP contribution in [0.1, 0.15) is 16.7 Å². The molecule has 38 heavy (non-hydrogen) atoms. The quantitative estimate of drug-likeness (QED) is 0.230. The normalized spacial score (nSPS) is 13.7. The second kappa shape index (κ2) is 11.8. The van der Waals surface area contributed by atoms with Crippen molar-refractivity contribution in [2.24, 2.45) is 4.99 Å². The first kappa shape index (κ1) is 26.0. The van der Waals surface area contributed by atoms with Gasteiger partial charge in [-0.3, -0.25) is 0 Å². The Morgan fingerprint density at radius 1 is 0.789 bits per heavy atom. The van der Waals surface area contributed by atoms with Gasteiger partial charge < -0.3 is 28.4 Å². The van der Waals surface area contributed by atoms with E-state index < -0.39 is 11.9 Å². The number of hydrogen-bond donors (Lipinski definition) is 0. The number of cyclic esters (lactones) is 1. The van der Waals surface area contributed by atoms with Gasteiger partial charge in [0.15, 0.2) is 28.7 Å².